The fourth-order valence-corrected chi connectivity index (χ4v) is 7.41. The molecule has 0 saturated carbocycles. The highest BCUT2D eigenvalue weighted by molar-refractivity contribution is 6.19. The molecule has 2 heterocycles. The average molecular weight is 602 g/mol. The molecule has 2 aliphatic rings. The maximum Gasteiger partial charge on any atom is 0.164 e. The highest BCUT2D eigenvalue weighted by Gasteiger charge is 2.29. The third-order valence-corrected chi connectivity index (χ3v) is 9.70. The highest BCUT2D eigenvalue weighted by atomic mass is 16.3. The van der Waals surface area contributed by atoms with Gasteiger partial charge in [-0.15, -0.1) is 0 Å². The first-order valence-corrected chi connectivity index (χ1v) is 16.0. The lowest BCUT2D eigenvalue weighted by atomic mass is 9.72. The van der Waals surface area contributed by atoms with Crippen LogP contribution >= 0.6 is 0 Å². The fourth-order valence-electron chi connectivity index (χ4n) is 7.41. The lowest BCUT2D eigenvalue weighted by Gasteiger charge is -2.32. The van der Waals surface area contributed by atoms with Gasteiger partial charge in [-0.25, -0.2) is 15.0 Å². The van der Waals surface area contributed by atoms with E-state index in [1.807, 2.05) is 42.5 Å². The minimum atomic E-state index is 0.307. The van der Waals surface area contributed by atoms with Crippen LogP contribution in [-0.4, -0.2) is 15.0 Å². The summed E-state index contributed by atoms with van der Waals surface area (Å²) in [5, 5.41) is 4.47. The zero-order valence-electron chi connectivity index (χ0n) is 25.3. The lowest BCUT2D eigenvalue weighted by molar-refractivity contribution is 0.669. The van der Waals surface area contributed by atoms with Crippen LogP contribution in [0.4, 0.5) is 0 Å². The van der Waals surface area contributed by atoms with Crippen molar-refractivity contribution in [2.45, 2.75) is 11.8 Å². The van der Waals surface area contributed by atoms with E-state index in [1.54, 1.807) is 0 Å². The van der Waals surface area contributed by atoms with Gasteiger partial charge < -0.3 is 4.42 Å². The smallest absolute Gasteiger partial charge is 0.164 e. The van der Waals surface area contributed by atoms with Crippen molar-refractivity contribution in [1.82, 2.24) is 15.0 Å². The van der Waals surface area contributed by atoms with Gasteiger partial charge in [0, 0.05) is 39.3 Å². The zero-order valence-corrected chi connectivity index (χ0v) is 25.3. The summed E-state index contributed by atoms with van der Waals surface area (Å²) in [4.78, 5) is 15.2. The minimum Gasteiger partial charge on any atom is -0.456 e. The second-order valence-corrected chi connectivity index (χ2v) is 12.4. The van der Waals surface area contributed by atoms with E-state index in [1.165, 1.54) is 22.3 Å². The van der Waals surface area contributed by atoms with Crippen molar-refractivity contribution < 1.29 is 4.42 Å². The Hall–Kier alpha value is -6.13. The van der Waals surface area contributed by atoms with Gasteiger partial charge in [0.1, 0.15) is 11.2 Å². The van der Waals surface area contributed by atoms with Crippen molar-refractivity contribution in [3.8, 4) is 34.2 Å². The molecule has 2 aromatic heterocycles. The van der Waals surface area contributed by atoms with Gasteiger partial charge in [0.05, 0.1) is 0 Å². The summed E-state index contributed by atoms with van der Waals surface area (Å²) in [5.41, 5.74) is 9.84. The number of hydrogen-bond donors (Lipinski definition) is 0. The van der Waals surface area contributed by atoms with Gasteiger partial charge in [-0.1, -0.05) is 127 Å². The fraction of sp³-hybridized carbons (Fsp3) is 0.0465. The summed E-state index contributed by atoms with van der Waals surface area (Å²) in [6.07, 6.45) is 9.23. The van der Waals surface area contributed by atoms with Crippen LogP contribution in [0, 0.1) is 0 Å². The Balaban J connectivity index is 1.12. The molecule has 47 heavy (non-hydrogen) atoms. The van der Waals surface area contributed by atoms with Crippen molar-refractivity contribution in [2.24, 2.45) is 0 Å². The van der Waals surface area contributed by atoms with Crippen molar-refractivity contribution in [1.29, 1.82) is 0 Å². The van der Waals surface area contributed by atoms with Crippen LogP contribution in [0.1, 0.15) is 34.1 Å². The Kier molecular flexibility index (Phi) is 5.67. The van der Waals surface area contributed by atoms with Crippen molar-refractivity contribution in [3.63, 3.8) is 0 Å². The van der Waals surface area contributed by atoms with Crippen molar-refractivity contribution in [2.75, 3.05) is 0 Å². The molecule has 0 amide bonds. The van der Waals surface area contributed by atoms with Gasteiger partial charge in [-0.3, -0.25) is 0 Å². The van der Waals surface area contributed by atoms with Gasteiger partial charge in [-0.2, -0.15) is 0 Å². The molecular weight excluding hydrogens is 574 g/mol. The van der Waals surface area contributed by atoms with E-state index < -0.39 is 0 Å². The van der Waals surface area contributed by atoms with Crippen LogP contribution < -0.4 is 0 Å². The molecule has 0 bridgehead atoms. The largest absolute Gasteiger partial charge is 0.456 e. The summed E-state index contributed by atoms with van der Waals surface area (Å²) in [5.74, 6) is 2.60. The highest BCUT2D eigenvalue weighted by Crippen LogP contribution is 2.46. The van der Waals surface area contributed by atoms with Crippen LogP contribution in [0.3, 0.4) is 0 Å². The average Bonchev–Trinajstić information content (AvgIpc) is 3.53. The van der Waals surface area contributed by atoms with Crippen LogP contribution in [0.5, 0.6) is 0 Å². The Morgan fingerprint density at radius 2 is 1.09 bits per heavy atom. The molecule has 0 fully saturated rings. The lowest BCUT2D eigenvalue weighted by Crippen LogP contribution is -2.16. The first kappa shape index (κ1) is 26.1. The topological polar surface area (TPSA) is 51.8 Å². The van der Waals surface area contributed by atoms with E-state index >= 15 is 0 Å². The van der Waals surface area contributed by atoms with Gasteiger partial charge in [0.2, 0.25) is 0 Å². The number of para-hydroxylation sites is 1. The number of fused-ring (bicyclic) bond motifs is 10. The van der Waals surface area contributed by atoms with Gasteiger partial charge in [0.15, 0.2) is 17.5 Å². The SMILES string of the molecule is C1=CC2c3ccc(-c4nc(-c5ccccc5)nc(-c5ccc6ccc7oc8ccccc8c7c6c5)n4)cc3C=CC2c2ccccc21. The Labute approximate surface area is 271 Å². The molecule has 6 aromatic carbocycles. The summed E-state index contributed by atoms with van der Waals surface area (Å²) in [6, 6.07) is 44.3. The van der Waals surface area contributed by atoms with Gasteiger partial charge >= 0.3 is 0 Å². The van der Waals surface area contributed by atoms with E-state index in [9.17, 15) is 0 Å². The number of benzene rings is 6. The van der Waals surface area contributed by atoms with Crippen LogP contribution in [0.2, 0.25) is 0 Å². The molecule has 8 aromatic rings. The molecule has 2 aliphatic carbocycles. The zero-order chi connectivity index (χ0) is 30.9. The molecule has 0 aliphatic heterocycles. The van der Waals surface area contributed by atoms with Crippen LogP contribution in [-0.2, 0) is 0 Å². The third-order valence-electron chi connectivity index (χ3n) is 9.70. The summed E-state index contributed by atoms with van der Waals surface area (Å²) in [7, 11) is 0. The Morgan fingerprint density at radius 1 is 0.447 bits per heavy atom. The standard InChI is InChI=1S/C43H27N3O/c1-2-9-28(10-3-1)41-44-42(30-18-20-33-29(24-30)17-22-34-32-11-5-4-8-26(32)16-21-35(33)34)46-43(45-41)31-15-14-27-19-23-39-40(37(27)25-31)36-12-6-7-13-38(36)47-39/h1-25,34-35H. The van der Waals surface area contributed by atoms with E-state index in [-0.39, 0.29) is 0 Å². The molecule has 0 N–H and O–H groups in total. The summed E-state index contributed by atoms with van der Waals surface area (Å²) >= 11 is 0. The first-order chi connectivity index (χ1) is 23.3. The molecule has 4 heteroatoms. The summed E-state index contributed by atoms with van der Waals surface area (Å²) < 4.78 is 6.20. The van der Waals surface area contributed by atoms with E-state index in [0.29, 0.717) is 29.3 Å². The molecule has 0 spiro atoms. The normalized spacial score (nSPS) is 16.3. The monoisotopic (exact) mass is 601 g/mol. The molecular formula is C43H27N3O. The number of rotatable bonds is 3. The van der Waals surface area contributed by atoms with E-state index in [4.69, 9.17) is 19.4 Å². The molecule has 4 nitrogen and oxygen atoms in total. The number of aromatic nitrogens is 3. The van der Waals surface area contributed by atoms with E-state index in [0.717, 1.165) is 49.4 Å². The second kappa shape index (κ2) is 10.2. The minimum absolute atomic E-state index is 0.307. The van der Waals surface area contributed by atoms with Crippen LogP contribution in [0.25, 0.3) is 79.0 Å². The number of nitrogens with zero attached hydrogens (tertiary/aromatic N) is 3. The summed E-state index contributed by atoms with van der Waals surface area (Å²) in [6.45, 7) is 0. The molecule has 0 saturated heterocycles. The Bertz CT molecular complexity index is 2600. The molecule has 220 valence electrons. The number of allylic oxidation sites excluding steroid dienone is 2. The quantitative estimate of drug-likeness (QED) is 0.202. The maximum absolute atomic E-state index is 6.20. The Morgan fingerprint density at radius 3 is 1.94 bits per heavy atom. The van der Waals surface area contributed by atoms with Crippen molar-refractivity contribution in [3.05, 3.63) is 162 Å². The van der Waals surface area contributed by atoms with Gasteiger partial charge in [0.25, 0.3) is 0 Å². The van der Waals surface area contributed by atoms with Crippen molar-refractivity contribution >= 4 is 44.9 Å². The number of hydrogen-bond acceptors (Lipinski definition) is 4. The predicted molar refractivity (Wildman–Crippen MR) is 191 cm³/mol. The number of furan rings is 1. The molecule has 10 rings (SSSR count). The maximum atomic E-state index is 6.20. The third kappa shape index (κ3) is 4.19. The van der Waals surface area contributed by atoms with E-state index in [2.05, 4.69) is 109 Å². The first-order valence-electron chi connectivity index (χ1n) is 16.0. The molecule has 2 atom stereocenters. The predicted octanol–water partition coefficient (Wildman–Crippen LogP) is 10.8. The van der Waals surface area contributed by atoms with Crippen LogP contribution in [0.15, 0.2) is 144 Å². The van der Waals surface area contributed by atoms with Gasteiger partial charge in [-0.05, 0) is 57.3 Å². The second-order valence-electron chi connectivity index (χ2n) is 12.4. The molecule has 0 radical (unpaired) electrons. The molecule has 2 unspecified atom stereocenters.